The molecular formula is C17H21FN2O2. The maximum Gasteiger partial charge on any atom is 0.325 e. The molecule has 2 atom stereocenters. The Kier molecular flexibility index (Phi) is 5.31. The van der Waals surface area contributed by atoms with Gasteiger partial charge in [-0.1, -0.05) is 26.0 Å². The van der Waals surface area contributed by atoms with Crippen LogP contribution < -0.4 is 5.69 Å². The number of carbonyl (C=O) groups excluding carboxylic acids is 1. The third-order valence-corrected chi connectivity index (χ3v) is 3.97. The van der Waals surface area contributed by atoms with Gasteiger partial charge >= 0.3 is 5.69 Å². The van der Waals surface area contributed by atoms with Crippen LogP contribution in [0.25, 0.3) is 0 Å². The van der Waals surface area contributed by atoms with Crippen molar-refractivity contribution in [3.63, 3.8) is 0 Å². The van der Waals surface area contributed by atoms with Crippen molar-refractivity contribution >= 4 is 6.29 Å². The lowest BCUT2D eigenvalue weighted by molar-refractivity contribution is -0.113. The van der Waals surface area contributed by atoms with Crippen molar-refractivity contribution in [2.75, 3.05) is 0 Å². The van der Waals surface area contributed by atoms with Gasteiger partial charge in [-0.2, -0.15) is 0 Å². The Bertz CT molecular complexity index is 658. The van der Waals surface area contributed by atoms with Gasteiger partial charge in [0.1, 0.15) is 12.1 Å². The van der Waals surface area contributed by atoms with E-state index in [0.29, 0.717) is 12.8 Å². The number of halogens is 1. The average molecular weight is 304 g/mol. The third-order valence-electron chi connectivity index (χ3n) is 3.97. The van der Waals surface area contributed by atoms with Crippen LogP contribution in [0.3, 0.4) is 0 Å². The van der Waals surface area contributed by atoms with E-state index in [1.165, 1.54) is 12.1 Å². The summed E-state index contributed by atoms with van der Waals surface area (Å²) in [5.74, 6) is -0.384. The minimum absolute atomic E-state index is 0.150. The molecule has 0 saturated carbocycles. The van der Waals surface area contributed by atoms with Gasteiger partial charge in [0.25, 0.3) is 0 Å². The van der Waals surface area contributed by atoms with Gasteiger partial charge in [-0.05, 0) is 36.5 Å². The zero-order valence-electron chi connectivity index (χ0n) is 12.8. The number of aryl methyl sites for hydroxylation is 1. The second-order valence-electron chi connectivity index (χ2n) is 5.87. The molecule has 1 N–H and O–H groups in total. The smallest absolute Gasteiger partial charge is 0.313 e. The molecule has 118 valence electrons. The first-order chi connectivity index (χ1) is 10.5. The molecule has 0 radical (unpaired) electrons. The summed E-state index contributed by atoms with van der Waals surface area (Å²) < 4.78 is 14.5. The Labute approximate surface area is 129 Å². The summed E-state index contributed by atoms with van der Waals surface area (Å²) in [5.41, 5.74) is 0.782. The second kappa shape index (κ2) is 7.20. The summed E-state index contributed by atoms with van der Waals surface area (Å²) in [6.45, 7) is 4.00. The van der Waals surface area contributed by atoms with Crippen LogP contribution in [0.15, 0.2) is 41.5 Å². The third kappa shape index (κ3) is 3.72. The van der Waals surface area contributed by atoms with Crippen LogP contribution in [0.4, 0.5) is 4.39 Å². The molecule has 0 bridgehead atoms. The van der Waals surface area contributed by atoms with Crippen LogP contribution >= 0.6 is 0 Å². The van der Waals surface area contributed by atoms with Crippen LogP contribution in [-0.4, -0.2) is 15.8 Å². The van der Waals surface area contributed by atoms with E-state index in [4.69, 9.17) is 0 Å². The predicted octanol–water partition coefficient (Wildman–Crippen LogP) is 2.96. The highest BCUT2D eigenvalue weighted by Gasteiger charge is 2.26. The summed E-state index contributed by atoms with van der Waals surface area (Å²) in [7, 11) is 0. The Hall–Kier alpha value is -2.17. The quantitative estimate of drug-likeness (QED) is 0.800. The van der Waals surface area contributed by atoms with Crippen LogP contribution in [0, 0.1) is 17.7 Å². The number of hydrogen-bond donors (Lipinski definition) is 1. The maximum atomic E-state index is 12.9. The molecule has 2 unspecified atom stereocenters. The first kappa shape index (κ1) is 16.2. The van der Waals surface area contributed by atoms with Crippen LogP contribution in [0.1, 0.15) is 31.9 Å². The Morgan fingerprint density at radius 2 is 1.95 bits per heavy atom. The van der Waals surface area contributed by atoms with E-state index in [2.05, 4.69) is 4.98 Å². The first-order valence-electron chi connectivity index (χ1n) is 7.48. The van der Waals surface area contributed by atoms with Gasteiger partial charge in [-0.15, -0.1) is 0 Å². The van der Waals surface area contributed by atoms with Crippen molar-refractivity contribution in [3.05, 3.63) is 58.5 Å². The van der Waals surface area contributed by atoms with Crippen LogP contribution in [0.5, 0.6) is 0 Å². The summed E-state index contributed by atoms with van der Waals surface area (Å²) in [4.78, 5) is 26.0. The lowest BCUT2D eigenvalue weighted by Crippen LogP contribution is -2.32. The van der Waals surface area contributed by atoms with E-state index in [1.54, 1.807) is 29.1 Å². The number of aromatic amines is 1. The minimum atomic E-state index is -0.269. The number of carbonyl (C=O) groups is 1. The molecule has 0 spiro atoms. The lowest BCUT2D eigenvalue weighted by Gasteiger charge is -2.27. The summed E-state index contributed by atoms with van der Waals surface area (Å²) in [5, 5.41) is 0. The fraction of sp³-hybridized carbons (Fsp3) is 0.412. The highest BCUT2D eigenvalue weighted by atomic mass is 19.1. The highest BCUT2D eigenvalue weighted by Crippen LogP contribution is 2.27. The fourth-order valence-corrected chi connectivity index (χ4v) is 2.89. The molecule has 1 heterocycles. The number of aldehydes is 1. The molecule has 0 fully saturated rings. The van der Waals surface area contributed by atoms with Crippen LogP contribution in [0.2, 0.25) is 0 Å². The van der Waals surface area contributed by atoms with Crippen molar-refractivity contribution in [2.45, 2.75) is 32.7 Å². The van der Waals surface area contributed by atoms with E-state index in [0.717, 1.165) is 11.8 Å². The van der Waals surface area contributed by atoms with Crippen molar-refractivity contribution < 1.29 is 9.18 Å². The molecule has 22 heavy (non-hydrogen) atoms. The van der Waals surface area contributed by atoms with E-state index in [-0.39, 0.29) is 29.4 Å². The van der Waals surface area contributed by atoms with Gasteiger partial charge in [0, 0.05) is 24.4 Å². The highest BCUT2D eigenvalue weighted by molar-refractivity contribution is 5.54. The van der Waals surface area contributed by atoms with Gasteiger partial charge < -0.3 is 9.78 Å². The molecule has 2 rings (SSSR count). The van der Waals surface area contributed by atoms with E-state index < -0.39 is 0 Å². The molecule has 4 nitrogen and oxygen atoms in total. The number of hydrogen-bond acceptors (Lipinski definition) is 2. The monoisotopic (exact) mass is 304 g/mol. The van der Waals surface area contributed by atoms with Gasteiger partial charge in [0.05, 0.1) is 0 Å². The number of benzene rings is 1. The minimum Gasteiger partial charge on any atom is -0.313 e. The topological polar surface area (TPSA) is 54.9 Å². The van der Waals surface area contributed by atoms with Gasteiger partial charge in [0.15, 0.2) is 0 Å². The standard InChI is InChI=1S/C17H21FN2O2/c1-12(2)16(20-10-9-19-17(20)22)14(11-21)6-3-13-4-7-15(18)8-5-13/h4-5,7-12,14,16H,3,6H2,1-2H3,(H,19,22). The van der Waals surface area contributed by atoms with Crippen molar-refractivity contribution in [2.24, 2.45) is 11.8 Å². The Morgan fingerprint density at radius 1 is 1.27 bits per heavy atom. The molecule has 0 aliphatic heterocycles. The van der Waals surface area contributed by atoms with Gasteiger partial charge in [-0.3, -0.25) is 4.57 Å². The summed E-state index contributed by atoms with van der Waals surface area (Å²) >= 11 is 0. The second-order valence-corrected chi connectivity index (χ2v) is 5.87. The van der Waals surface area contributed by atoms with Crippen molar-refractivity contribution in [1.82, 2.24) is 9.55 Å². The number of H-pyrrole nitrogens is 1. The SMILES string of the molecule is CC(C)C(C(C=O)CCc1ccc(F)cc1)n1cc[nH]c1=O. The molecule has 2 aromatic rings. The molecule has 5 heteroatoms. The maximum absolute atomic E-state index is 12.9. The molecule has 1 aromatic heterocycles. The Balaban J connectivity index is 2.14. The average Bonchev–Trinajstić information content (AvgIpc) is 2.90. The molecule has 0 aliphatic rings. The van der Waals surface area contributed by atoms with Gasteiger partial charge in [-0.25, -0.2) is 9.18 Å². The molecular weight excluding hydrogens is 283 g/mol. The number of rotatable bonds is 7. The van der Waals surface area contributed by atoms with E-state index in [9.17, 15) is 14.0 Å². The Morgan fingerprint density at radius 3 is 2.45 bits per heavy atom. The number of imidazole rings is 1. The van der Waals surface area contributed by atoms with Gasteiger partial charge in [0.2, 0.25) is 0 Å². The van der Waals surface area contributed by atoms with E-state index in [1.807, 2.05) is 13.8 Å². The summed E-state index contributed by atoms with van der Waals surface area (Å²) in [6.07, 6.45) is 5.48. The van der Waals surface area contributed by atoms with Crippen LogP contribution in [-0.2, 0) is 11.2 Å². The van der Waals surface area contributed by atoms with Crippen molar-refractivity contribution in [3.8, 4) is 0 Å². The summed E-state index contributed by atoms with van der Waals surface area (Å²) in [6, 6.07) is 6.11. The number of nitrogens with zero attached hydrogens (tertiary/aromatic N) is 1. The largest absolute Gasteiger partial charge is 0.325 e. The first-order valence-corrected chi connectivity index (χ1v) is 7.48. The fourth-order valence-electron chi connectivity index (χ4n) is 2.89. The molecule has 0 saturated heterocycles. The zero-order chi connectivity index (χ0) is 16.1. The number of aromatic nitrogens is 2. The molecule has 0 amide bonds. The van der Waals surface area contributed by atoms with E-state index >= 15 is 0 Å². The molecule has 0 aliphatic carbocycles. The normalized spacial score (nSPS) is 14.0. The molecule has 1 aromatic carbocycles. The lowest BCUT2D eigenvalue weighted by atomic mass is 9.87. The predicted molar refractivity (Wildman–Crippen MR) is 83.2 cm³/mol. The number of nitrogens with one attached hydrogen (secondary N) is 1. The van der Waals surface area contributed by atoms with Crippen molar-refractivity contribution in [1.29, 1.82) is 0 Å². The zero-order valence-corrected chi connectivity index (χ0v) is 12.8.